The first-order valence-corrected chi connectivity index (χ1v) is 17.7. The average molecular weight is 680 g/mol. The predicted octanol–water partition coefficient (Wildman–Crippen LogP) is 11.8. The van der Waals surface area contributed by atoms with E-state index in [4.69, 9.17) is 19.7 Å². The Morgan fingerprint density at radius 3 is 1.57 bits per heavy atom. The van der Waals surface area contributed by atoms with Crippen molar-refractivity contribution in [1.82, 2.24) is 23.8 Å². The van der Waals surface area contributed by atoms with Crippen LogP contribution in [0.3, 0.4) is 0 Å². The lowest BCUT2D eigenvalue weighted by Crippen LogP contribution is -1.96. The second kappa shape index (κ2) is 11.6. The summed E-state index contributed by atoms with van der Waals surface area (Å²) >= 11 is 0. The van der Waals surface area contributed by atoms with Crippen molar-refractivity contribution in [2.45, 2.75) is 0 Å². The maximum atomic E-state index is 6.68. The number of pyridine rings is 3. The molecule has 0 unspecified atom stereocenters. The standard InChI is InChI=1S/C47H29N5O/c1-4-11-30(12-5-1)33-18-21-37-36-22-19-34(26-39(36)46-49-29-44(52(46)42(37)25-33)32-15-8-3-9-16-32)53-35-20-23-38-40(27-35)47-50-28-43(31-13-6-2-7-14-31)51(47)41-17-10-24-48-45(38)41/h1-29H. The highest BCUT2D eigenvalue weighted by molar-refractivity contribution is 6.14. The number of fused-ring (bicyclic) bond motifs is 12. The van der Waals surface area contributed by atoms with Gasteiger partial charge in [0.2, 0.25) is 0 Å². The van der Waals surface area contributed by atoms with Crippen molar-refractivity contribution in [2.24, 2.45) is 0 Å². The summed E-state index contributed by atoms with van der Waals surface area (Å²) in [4.78, 5) is 14.8. The van der Waals surface area contributed by atoms with Crippen LogP contribution in [0.25, 0.3) is 88.4 Å². The van der Waals surface area contributed by atoms with E-state index in [9.17, 15) is 0 Å². The van der Waals surface area contributed by atoms with E-state index >= 15 is 0 Å². The van der Waals surface area contributed by atoms with Crippen molar-refractivity contribution in [2.75, 3.05) is 0 Å². The van der Waals surface area contributed by atoms with Crippen molar-refractivity contribution in [3.63, 3.8) is 0 Å². The summed E-state index contributed by atoms with van der Waals surface area (Å²) in [5.74, 6) is 1.45. The fraction of sp³-hybridized carbons (Fsp3) is 0. The molecule has 0 spiro atoms. The topological polar surface area (TPSA) is 56.7 Å². The SMILES string of the molecule is c1ccc(-c2ccc3c4ccc(Oc5ccc6c(c5)c5ncc(-c7ccccc7)n5c5cccnc65)cc4c4ncc(-c5ccccc5)n4c3c2)cc1. The van der Waals surface area contributed by atoms with E-state index in [0.29, 0.717) is 0 Å². The lowest BCUT2D eigenvalue weighted by atomic mass is 10.00. The van der Waals surface area contributed by atoms with Gasteiger partial charge in [-0.1, -0.05) is 103 Å². The molecule has 0 N–H and O–H groups in total. The Kier molecular flexibility index (Phi) is 6.45. The molecule has 6 nitrogen and oxygen atoms in total. The van der Waals surface area contributed by atoms with E-state index in [1.165, 1.54) is 5.56 Å². The van der Waals surface area contributed by atoms with E-state index in [0.717, 1.165) is 94.4 Å². The van der Waals surface area contributed by atoms with Crippen molar-refractivity contribution in [3.05, 3.63) is 176 Å². The molecule has 0 fully saturated rings. The molecule has 5 heterocycles. The number of hydrogen-bond donors (Lipinski definition) is 0. The third kappa shape index (κ3) is 4.63. The zero-order valence-corrected chi connectivity index (χ0v) is 28.4. The van der Waals surface area contributed by atoms with Gasteiger partial charge in [0, 0.05) is 38.9 Å². The van der Waals surface area contributed by atoms with Crippen LogP contribution in [-0.4, -0.2) is 23.8 Å². The van der Waals surface area contributed by atoms with Crippen LogP contribution in [0.4, 0.5) is 0 Å². The molecule has 248 valence electrons. The zero-order valence-electron chi connectivity index (χ0n) is 28.4. The summed E-state index contributed by atoms with van der Waals surface area (Å²) in [6.07, 6.45) is 5.77. The highest BCUT2D eigenvalue weighted by Crippen LogP contribution is 2.39. The van der Waals surface area contributed by atoms with E-state index in [2.05, 4.69) is 142 Å². The zero-order chi connectivity index (χ0) is 34.9. The molecule has 0 aliphatic rings. The van der Waals surface area contributed by atoms with Gasteiger partial charge in [-0.2, -0.15) is 0 Å². The van der Waals surface area contributed by atoms with Crippen molar-refractivity contribution >= 4 is 54.8 Å². The van der Waals surface area contributed by atoms with Gasteiger partial charge in [0.1, 0.15) is 22.8 Å². The summed E-state index contributed by atoms with van der Waals surface area (Å²) in [6.45, 7) is 0. The maximum absolute atomic E-state index is 6.68. The number of nitrogens with zero attached hydrogens (tertiary/aromatic N) is 5. The minimum absolute atomic E-state index is 0.718. The van der Waals surface area contributed by atoms with Crippen LogP contribution in [-0.2, 0) is 0 Å². The largest absolute Gasteiger partial charge is 0.457 e. The summed E-state index contributed by atoms with van der Waals surface area (Å²) < 4.78 is 11.2. The molecule has 0 atom stereocenters. The van der Waals surface area contributed by atoms with Gasteiger partial charge in [-0.15, -0.1) is 0 Å². The van der Waals surface area contributed by atoms with Gasteiger partial charge in [-0.25, -0.2) is 9.97 Å². The summed E-state index contributed by atoms with van der Waals surface area (Å²) in [5, 5.41) is 5.28. The van der Waals surface area contributed by atoms with Crippen LogP contribution in [0.5, 0.6) is 11.5 Å². The fourth-order valence-electron chi connectivity index (χ4n) is 7.86. The van der Waals surface area contributed by atoms with Gasteiger partial charge >= 0.3 is 0 Å². The molecule has 0 bridgehead atoms. The molecule has 0 aliphatic carbocycles. The molecule has 11 rings (SSSR count). The molecule has 6 heteroatoms. The Morgan fingerprint density at radius 1 is 0.377 bits per heavy atom. The summed E-state index contributed by atoms with van der Waals surface area (Å²) in [7, 11) is 0. The van der Waals surface area contributed by atoms with Crippen LogP contribution in [0.15, 0.2) is 176 Å². The fourth-order valence-corrected chi connectivity index (χ4v) is 7.86. The van der Waals surface area contributed by atoms with Crippen LogP contribution in [0.1, 0.15) is 0 Å². The lowest BCUT2D eigenvalue weighted by molar-refractivity contribution is 0.484. The number of benzene rings is 6. The second-order valence-electron chi connectivity index (χ2n) is 13.3. The van der Waals surface area contributed by atoms with Gasteiger partial charge in [0.05, 0.1) is 40.3 Å². The molecule has 0 aliphatic heterocycles. The first-order chi connectivity index (χ1) is 26.3. The maximum Gasteiger partial charge on any atom is 0.145 e. The number of rotatable bonds is 5. The normalized spacial score (nSPS) is 11.8. The Labute approximate surface area is 303 Å². The van der Waals surface area contributed by atoms with Gasteiger partial charge in [0.15, 0.2) is 0 Å². The quantitative estimate of drug-likeness (QED) is 0.170. The Balaban J connectivity index is 1.09. The van der Waals surface area contributed by atoms with Gasteiger partial charge in [-0.05, 0) is 71.1 Å². The Bertz CT molecular complexity index is 3190. The highest BCUT2D eigenvalue weighted by Gasteiger charge is 2.18. The lowest BCUT2D eigenvalue weighted by Gasteiger charge is -2.14. The van der Waals surface area contributed by atoms with E-state index in [1.54, 1.807) is 0 Å². The molecule has 53 heavy (non-hydrogen) atoms. The molecule has 0 saturated carbocycles. The van der Waals surface area contributed by atoms with E-state index in [-0.39, 0.29) is 0 Å². The third-order valence-corrected chi connectivity index (χ3v) is 10.3. The molecular formula is C47H29N5O. The van der Waals surface area contributed by atoms with Gasteiger partial charge < -0.3 is 4.74 Å². The first-order valence-electron chi connectivity index (χ1n) is 17.7. The molecule has 0 amide bonds. The Hall–Kier alpha value is -7.31. The minimum Gasteiger partial charge on any atom is -0.457 e. The number of imidazole rings is 2. The van der Waals surface area contributed by atoms with Crippen LogP contribution >= 0.6 is 0 Å². The summed E-state index contributed by atoms with van der Waals surface area (Å²) in [5.41, 5.74) is 11.4. The molecule has 0 saturated heterocycles. The van der Waals surface area contributed by atoms with E-state index in [1.807, 2.05) is 42.9 Å². The molecule has 0 radical (unpaired) electrons. The average Bonchev–Trinajstić information content (AvgIpc) is 3.89. The van der Waals surface area contributed by atoms with Gasteiger partial charge in [0.25, 0.3) is 0 Å². The van der Waals surface area contributed by atoms with Crippen LogP contribution < -0.4 is 4.74 Å². The predicted molar refractivity (Wildman–Crippen MR) is 215 cm³/mol. The summed E-state index contributed by atoms with van der Waals surface area (Å²) in [6, 6.07) is 54.6. The third-order valence-electron chi connectivity index (χ3n) is 10.3. The molecule has 6 aromatic carbocycles. The van der Waals surface area contributed by atoms with Crippen molar-refractivity contribution in [3.8, 4) is 45.1 Å². The van der Waals surface area contributed by atoms with Crippen molar-refractivity contribution < 1.29 is 4.74 Å². The van der Waals surface area contributed by atoms with Crippen LogP contribution in [0.2, 0.25) is 0 Å². The molecule has 11 aromatic rings. The first kappa shape index (κ1) is 29.4. The van der Waals surface area contributed by atoms with Gasteiger partial charge in [-0.3, -0.25) is 13.8 Å². The highest BCUT2D eigenvalue weighted by atomic mass is 16.5. The minimum atomic E-state index is 0.718. The number of hydrogen-bond acceptors (Lipinski definition) is 4. The van der Waals surface area contributed by atoms with E-state index < -0.39 is 0 Å². The number of ether oxygens (including phenoxy) is 1. The molecular weight excluding hydrogens is 651 g/mol. The van der Waals surface area contributed by atoms with Crippen molar-refractivity contribution in [1.29, 1.82) is 0 Å². The Morgan fingerprint density at radius 2 is 0.925 bits per heavy atom. The smallest absolute Gasteiger partial charge is 0.145 e. The van der Waals surface area contributed by atoms with Crippen LogP contribution in [0, 0.1) is 0 Å². The molecule has 5 aromatic heterocycles. The number of aromatic nitrogens is 5. The monoisotopic (exact) mass is 679 g/mol. The second-order valence-corrected chi connectivity index (χ2v) is 13.3.